The molecule has 1 amide bonds. The number of rotatable bonds is 15. The molecule has 6 nitrogen and oxygen atoms in total. The van der Waals surface area contributed by atoms with Gasteiger partial charge in [0.2, 0.25) is 5.91 Å². The lowest BCUT2D eigenvalue weighted by Crippen LogP contribution is -2.43. The first kappa shape index (κ1) is 24.9. The van der Waals surface area contributed by atoms with Crippen LogP contribution in [0.1, 0.15) is 25.8 Å². The molecule has 0 radical (unpaired) electrons. The van der Waals surface area contributed by atoms with E-state index in [9.17, 15) is 4.79 Å². The van der Waals surface area contributed by atoms with Gasteiger partial charge in [0.05, 0.1) is 26.2 Å². The van der Waals surface area contributed by atoms with Crippen molar-refractivity contribution in [3.05, 3.63) is 34.9 Å². The third kappa shape index (κ3) is 9.85. The first-order valence-electron chi connectivity index (χ1n) is 9.91. The maximum atomic E-state index is 12.7. The largest absolute Gasteiger partial charge is 0.381 e. The van der Waals surface area contributed by atoms with Crippen molar-refractivity contribution in [3.63, 3.8) is 0 Å². The second-order valence-corrected chi connectivity index (χ2v) is 6.95. The van der Waals surface area contributed by atoms with Crippen LogP contribution in [0.2, 0.25) is 5.02 Å². The highest BCUT2D eigenvalue weighted by Gasteiger charge is 2.19. The number of carbonyl (C=O) groups is 1. The maximum absolute atomic E-state index is 12.7. The number of methoxy groups -OCH3 is 2. The van der Waals surface area contributed by atoms with E-state index < -0.39 is 6.29 Å². The van der Waals surface area contributed by atoms with Crippen LogP contribution in [0.15, 0.2) is 24.3 Å². The van der Waals surface area contributed by atoms with Gasteiger partial charge in [-0.1, -0.05) is 37.6 Å². The summed E-state index contributed by atoms with van der Waals surface area (Å²) < 4.78 is 16.2. The molecule has 0 aliphatic rings. The van der Waals surface area contributed by atoms with E-state index >= 15 is 0 Å². The van der Waals surface area contributed by atoms with Crippen LogP contribution in [0.25, 0.3) is 0 Å². The topological polar surface area (TPSA) is 51.2 Å². The summed E-state index contributed by atoms with van der Waals surface area (Å²) in [6.07, 6.45) is 0.688. The zero-order valence-electron chi connectivity index (χ0n) is 17.7. The van der Waals surface area contributed by atoms with Crippen molar-refractivity contribution >= 4 is 17.5 Å². The van der Waals surface area contributed by atoms with Crippen LogP contribution in [0.5, 0.6) is 0 Å². The molecule has 0 fully saturated rings. The van der Waals surface area contributed by atoms with E-state index in [2.05, 4.69) is 18.7 Å². The highest BCUT2D eigenvalue weighted by atomic mass is 35.5. The number of benzene rings is 1. The predicted octanol–water partition coefficient (Wildman–Crippen LogP) is 3.08. The van der Waals surface area contributed by atoms with Crippen LogP contribution in [0.3, 0.4) is 0 Å². The Kier molecular flexibility index (Phi) is 13.1. The second kappa shape index (κ2) is 14.8. The van der Waals surface area contributed by atoms with Crippen LogP contribution in [-0.2, 0) is 25.4 Å². The van der Waals surface area contributed by atoms with Gasteiger partial charge in [0.25, 0.3) is 0 Å². The standard InChI is InChI=1S/C21H35ClN2O4/c1-5-23(6-2)12-13-24(17-21(26-3)27-4)20(25)11-15-28-14-10-18-8-7-9-19(22)16-18/h7-9,16,21H,5-6,10-15,17H2,1-4H3. The summed E-state index contributed by atoms with van der Waals surface area (Å²) in [7, 11) is 3.17. The lowest BCUT2D eigenvalue weighted by molar-refractivity contribution is -0.146. The monoisotopic (exact) mass is 414 g/mol. The van der Waals surface area contributed by atoms with E-state index in [1.54, 1.807) is 19.1 Å². The average molecular weight is 415 g/mol. The molecule has 0 saturated carbocycles. The van der Waals surface area contributed by atoms with Gasteiger partial charge < -0.3 is 24.0 Å². The Labute approximate surface area is 174 Å². The van der Waals surface area contributed by atoms with Crippen molar-refractivity contribution in [2.75, 3.05) is 60.2 Å². The van der Waals surface area contributed by atoms with Crippen molar-refractivity contribution in [2.24, 2.45) is 0 Å². The molecule has 0 saturated heterocycles. The number of hydrogen-bond acceptors (Lipinski definition) is 5. The minimum absolute atomic E-state index is 0.0500. The lowest BCUT2D eigenvalue weighted by Gasteiger charge is -2.29. The second-order valence-electron chi connectivity index (χ2n) is 6.51. The summed E-state index contributed by atoms with van der Waals surface area (Å²) in [5, 5.41) is 0.724. The first-order chi connectivity index (χ1) is 13.5. The summed E-state index contributed by atoms with van der Waals surface area (Å²) in [5.41, 5.74) is 1.13. The van der Waals surface area contributed by atoms with Gasteiger partial charge in [0.1, 0.15) is 0 Å². The fourth-order valence-electron chi connectivity index (χ4n) is 2.85. The van der Waals surface area contributed by atoms with Crippen LogP contribution in [0, 0.1) is 0 Å². The molecular weight excluding hydrogens is 380 g/mol. The minimum atomic E-state index is -0.426. The van der Waals surface area contributed by atoms with Crippen LogP contribution >= 0.6 is 11.6 Å². The molecule has 0 aliphatic heterocycles. The van der Waals surface area contributed by atoms with Crippen molar-refractivity contribution in [1.29, 1.82) is 0 Å². The highest BCUT2D eigenvalue weighted by Crippen LogP contribution is 2.11. The number of amides is 1. The smallest absolute Gasteiger partial charge is 0.225 e. The Balaban J connectivity index is 2.43. The number of carbonyl (C=O) groups excluding carboxylic acids is 1. The fraction of sp³-hybridized carbons (Fsp3) is 0.667. The summed E-state index contributed by atoms with van der Waals surface area (Å²) >= 11 is 5.98. The summed E-state index contributed by atoms with van der Waals surface area (Å²) in [5.74, 6) is 0.0500. The molecular formula is C21H35ClN2O4. The minimum Gasteiger partial charge on any atom is -0.381 e. The number of ether oxygens (including phenoxy) is 3. The number of nitrogens with zero attached hydrogens (tertiary/aromatic N) is 2. The molecule has 160 valence electrons. The first-order valence-corrected chi connectivity index (χ1v) is 10.3. The average Bonchev–Trinajstić information content (AvgIpc) is 2.70. The fourth-order valence-corrected chi connectivity index (χ4v) is 3.06. The van der Waals surface area contributed by atoms with Crippen molar-refractivity contribution < 1.29 is 19.0 Å². The molecule has 0 aromatic heterocycles. The number of halogens is 1. The van der Waals surface area contributed by atoms with Gasteiger partial charge >= 0.3 is 0 Å². The molecule has 0 bridgehead atoms. The lowest BCUT2D eigenvalue weighted by atomic mass is 10.2. The number of hydrogen-bond donors (Lipinski definition) is 0. The summed E-state index contributed by atoms with van der Waals surface area (Å²) in [4.78, 5) is 16.8. The molecule has 7 heteroatoms. The van der Waals surface area contributed by atoms with Gasteiger partial charge in [0, 0.05) is 32.3 Å². The molecule has 0 heterocycles. The van der Waals surface area contributed by atoms with E-state index in [1.165, 1.54) is 0 Å². The quantitative estimate of drug-likeness (QED) is 0.326. The molecule has 28 heavy (non-hydrogen) atoms. The zero-order chi connectivity index (χ0) is 20.8. The van der Waals surface area contributed by atoms with Gasteiger partial charge in [0.15, 0.2) is 6.29 Å². The molecule has 0 N–H and O–H groups in total. The molecule has 1 aromatic carbocycles. The molecule has 0 atom stereocenters. The van der Waals surface area contributed by atoms with Crippen LogP contribution < -0.4 is 0 Å². The zero-order valence-corrected chi connectivity index (χ0v) is 18.4. The van der Waals surface area contributed by atoms with Crippen LogP contribution in [-0.4, -0.2) is 82.2 Å². The van der Waals surface area contributed by atoms with Crippen LogP contribution in [0.4, 0.5) is 0 Å². The molecule has 1 aromatic rings. The Hall–Kier alpha value is -1.18. The van der Waals surface area contributed by atoms with Gasteiger partial charge in [-0.05, 0) is 37.2 Å². The van der Waals surface area contributed by atoms with E-state index in [0.29, 0.717) is 32.7 Å². The molecule has 0 unspecified atom stereocenters. The predicted molar refractivity (Wildman–Crippen MR) is 113 cm³/mol. The molecule has 0 aliphatic carbocycles. The molecule has 0 spiro atoms. The summed E-state index contributed by atoms with van der Waals surface area (Å²) in [6.45, 7) is 9.01. The Morgan fingerprint density at radius 2 is 1.82 bits per heavy atom. The van der Waals surface area contributed by atoms with E-state index in [1.807, 2.05) is 24.3 Å². The van der Waals surface area contributed by atoms with Gasteiger partial charge in [-0.2, -0.15) is 0 Å². The van der Waals surface area contributed by atoms with Crippen molar-refractivity contribution in [1.82, 2.24) is 9.80 Å². The third-order valence-electron chi connectivity index (χ3n) is 4.71. The Morgan fingerprint density at radius 1 is 1.11 bits per heavy atom. The SMILES string of the molecule is CCN(CC)CCN(CC(OC)OC)C(=O)CCOCCc1cccc(Cl)c1. The third-order valence-corrected chi connectivity index (χ3v) is 4.95. The van der Waals surface area contributed by atoms with Gasteiger partial charge in [-0.15, -0.1) is 0 Å². The Morgan fingerprint density at radius 3 is 2.43 bits per heavy atom. The van der Waals surface area contributed by atoms with E-state index in [-0.39, 0.29) is 5.91 Å². The Bertz CT molecular complexity index is 551. The maximum Gasteiger partial charge on any atom is 0.225 e. The normalized spacial score (nSPS) is 11.4. The van der Waals surface area contributed by atoms with Crippen molar-refractivity contribution in [3.8, 4) is 0 Å². The number of likely N-dealkylation sites (N-methyl/N-ethyl adjacent to an activating group) is 1. The van der Waals surface area contributed by atoms with E-state index in [4.69, 9.17) is 25.8 Å². The van der Waals surface area contributed by atoms with Gasteiger partial charge in [-0.25, -0.2) is 0 Å². The summed E-state index contributed by atoms with van der Waals surface area (Å²) in [6, 6.07) is 7.73. The highest BCUT2D eigenvalue weighted by molar-refractivity contribution is 6.30. The van der Waals surface area contributed by atoms with Crippen molar-refractivity contribution in [2.45, 2.75) is 33.0 Å². The van der Waals surface area contributed by atoms with Gasteiger partial charge in [-0.3, -0.25) is 4.79 Å². The van der Waals surface area contributed by atoms with E-state index in [0.717, 1.165) is 36.6 Å². The molecule has 1 rings (SSSR count).